The van der Waals surface area contributed by atoms with Crippen molar-refractivity contribution < 1.29 is 18.0 Å². The van der Waals surface area contributed by atoms with Crippen molar-refractivity contribution in [3.8, 4) is 0 Å². The number of nitrogens with one attached hydrogen (secondary N) is 2. The van der Waals surface area contributed by atoms with Gasteiger partial charge in [-0.05, 0) is 43.5 Å². The second-order valence-electron chi connectivity index (χ2n) is 5.30. The van der Waals surface area contributed by atoms with E-state index in [4.69, 9.17) is 0 Å². The molecule has 124 valence electrons. The van der Waals surface area contributed by atoms with Gasteiger partial charge in [-0.3, -0.25) is 4.79 Å². The van der Waals surface area contributed by atoms with Gasteiger partial charge in [0.1, 0.15) is 0 Å². The first-order valence-electron chi connectivity index (χ1n) is 7.11. The van der Waals surface area contributed by atoms with Gasteiger partial charge in [-0.25, -0.2) is 0 Å². The van der Waals surface area contributed by atoms with Crippen molar-refractivity contribution in [3.63, 3.8) is 0 Å². The van der Waals surface area contributed by atoms with Crippen LogP contribution in [0.25, 0.3) is 0 Å². The molecule has 0 saturated carbocycles. The third kappa shape index (κ3) is 5.85. The number of carbonyl (C=O) groups excluding carboxylic acids is 1. The highest BCUT2D eigenvalue weighted by Crippen LogP contribution is 2.29. The number of halogens is 4. The van der Waals surface area contributed by atoms with Crippen LogP contribution >= 0.6 is 12.4 Å². The Bertz CT molecular complexity index is 471. The van der Waals surface area contributed by atoms with Crippen LogP contribution in [-0.4, -0.2) is 18.5 Å². The quantitative estimate of drug-likeness (QED) is 0.866. The molecule has 0 radical (unpaired) electrons. The lowest BCUT2D eigenvalue weighted by molar-refractivity contribution is -0.137. The van der Waals surface area contributed by atoms with Crippen molar-refractivity contribution in [2.75, 3.05) is 6.54 Å². The zero-order valence-corrected chi connectivity index (χ0v) is 12.9. The lowest BCUT2D eigenvalue weighted by Gasteiger charge is -2.11. The summed E-state index contributed by atoms with van der Waals surface area (Å²) in [4.78, 5) is 11.7. The van der Waals surface area contributed by atoms with Crippen molar-refractivity contribution in [1.82, 2.24) is 10.6 Å². The van der Waals surface area contributed by atoms with Gasteiger partial charge in [0.25, 0.3) is 0 Å². The first-order valence-corrected chi connectivity index (χ1v) is 7.11. The summed E-state index contributed by atoms with van der Waals surface area (Å²) in [6, 6.07) is 5.26. The number of amides is 1. The SMILES string of the molecule is Cl.O=C(CCC1CCCN1)NCc1ccc(C(F)(F)F)cc1. The summed E-state index contributed by atoms with van der Waals surface area (Å²) in [5.74, 6) is -0.0661. The Morgan fingerprint density at radius 1 is 1.27 bits per heavy atom. The Kier molecular flexibility index (Phi) is 7.16. The molecule has 1 heterocycles. The summed E-state index contributed by atoms with van der Waals surface area (Å²) in [6.45, 7) is 1.27. The summed E-state index contributed by atoms with van der Waals surface area (Å²) >= 11 is 0. The Labute approximate surface area is 134 Å². The van der Waals surface area contributed by atoms with Gasteiger partial charge in [-0.15, -0.1) is 12.4 Å². The van der Waals surface area contributed by atoms with Gasteiger partial charge in [0.15, 0.2) is 0 Å². The maximum atomic E-state index is 12.4. The van der Waals surface area contributed by atoms with E-state index in [1.807, 2.05) is 0 Å². The number of carbonyl (C=O) groups is 1. The average Bonchev–Trinajstić information content (AvgIpc) is 2.95. The van der Waals surface area contributed by atoms with Gasteiger partial charge < -0.3 is 10.6 Å². The van der Waals surface area contributed by atoms with E-state index in [1.54, 1.807) is 0 Å². The number of alkyl halides is 3. The van der Waals surface area contributed by atoms with Crippen LogP contribution in [-0.2, 0) is 17.5 Å². The lowest BCUT2D eigenvalue weighted by atomic mass is 10.1. The molecule has 1 aromatic rings. The summed E-state index contributed by atoms with van der Waals surface area (Å²) in [5, 5.41) is 6.05. The number of hydrogen-bond donors (Lipinski definition) is 2. The van der Waals surface area contributed by atoms with Gasteiger partial charge in [-0.1, -0.05) is 12.1 Å². The Balaban J connectivity index is 0.00000242. The standard InChI is InChI=1S/C15H19F3N2O.ClH/c16-15(17,18)12-5-3-11(4-6-12)10-20-14(21)8-7-13-2-1-9-19-13;/h3-6,13,19H,1-2,7-10H2,(H,20,21);1H. The Morgan fingerprint density at radius 2 is 1.95 bits per heavy atom. The van der Waals surface area contributed by atoms with E-state index in [0.717, 1.165) is 37.9 Å². The van der Waals surface area contributed by atoms with Gasteiger partial charge in [0.05, 0.1) is 5.56 Å². The molecule has 1 aliphatic rings. The van der Waals surface area contributed by atoms with Crippen molar-refractivity contribution in [3.05, 3.63) is 35.4 Å². The molecule has 2 N–H and O–H groups in total. The van der Waals surface area contributed by atoms with Crippen LogP contribution < -0.4 is 10.6 Å². The molecular formula is C15H20ClF3N2O. The molecule has 0 spiro atoms. The normalized spacial score (nSPS) is 17.9. The van der Waals surface area contributed by atoms with Gasteiger partial charge in [-0.2, -0.15) is 13.2 Å². The zero-order valence-electron chi connectivity index (χ0n) is 12.1. The fraction of sp³-hybridized carbons (Fsp3) is 0.533. The van der Waals surface area contributed by atoms with Crippen LogP contribution in [0.5, 0.6) is 0 Å². The molecule has 2 rings (SSSR count). The van der Waals surface area contributed by atoms with Gasteiger partial charge in [0, 0.05) is 19.0 Å². The third-order valence-electron chi connectivity index (χ3n) is 3.65. The van der Waals surface area contributed by atoms with E-state index in [-0.39, 0.29) is 24.9 Å². The number of hydrogen-bond acceptors (Lipinski definition) is 2. The fourth-order valence-electron chi connectivity index (χ4n) is 2.41. The highest BCUT2D eigenvalue weighted by Gasteiger charge is 2.29. The molecule has 22 heavy (non-hydrogen) atoms. The van der Waals surface area contributed by atoms with Crippen molar-refractivity contribution in [2.24, 2.45) is 0 Å². The van der Waals surface area contributed by atoms with Crippen LogP contribution in [0.4, 0.5) is 13.2 Å². The van der Waals surface area contributed by atoms with Crippen LogP contribution in [0, 0.1) is 0 Å². The van der Waals surface area contributed by atoms with E-state index in [1.165, 1.54) is 12.1 Å². The summed E-state index contributed by atoms with van der Waals surface area (Å²) in [6.07, 6.45) is -0.822. The van der Waals surface area contributed by atoms with E-state index in [2.05, 4.69) is 10.6 Å². The minimum Gasteiger partial charge on any atom is -0.352 e. The van der Waals surface area contributed by atoms with Crippen molar-refractivity contribution >= 4 is 18.3 Å². The molecule has 1 aromatic carbocycles. The monoisotopic (exact) mass is 336 g/mol. The fourth-order valence-corrected chi connectivity index (χ4v) is 2.41. The molecule has 1 fully saturated rings. The van der Waals surface area contributed by atoms with Gasteiger partial charge in [0.2, 0.25) is 5.91 Å². The minimum absolute atomic E-state index is 0. The van der Waals surface area contributed by atoms with Crippen LogP contribution in [0.2, 0.25) is 0 Å². The summed E-state index contributed by atoms with van der Waals surface area (Å²) in [5.41, 5.74) is -0.0137. The highest BCUT2D eigenvalue weighted by atomic mass is 35.5. The number of benzene rings is 1. The third-order valence-corrected chi connectivity index (χ3v) is 3.65. The molecule has 0 aromatic heterocycles. The summed E-state index contributed by atoms with van der Waals surface area (Å²) < 4.78 is 37.2. The molecule has 0 aliphatic carbocycles. The van der Waals surface area contributed by atoms with Crippen molar-refractivity contribution in [1.29, 1.82) is 0 Å². The molecule has 0 bridgehead atoms. The lowest BCUT2D eigenvalue weighted by Crippen LogP contribution is -2.27. The highest BCUT2D eigenvalue weighted by molar-refractivity contribution is 5.85. The predicted molar refractivity (Wildman–Crippen MR) is 80.8 cm³/mol. The smallest absolute Gasteiger partial charge is 0.352 e. The first kappa shape index (κ1) is 18.8. The molecule has 1 aliphatic heterocycles. The van der Waals surface area contributed by atoms with Crippen LogP contribution in [0.1, 0.15) is 36.8 Å². The summed E-state index contributed by atoms with van der Waals surface area (Å²) in [7, 11) is 0. The molecule has 1 amide bonds. The number of rotatable bonds is 5. The molecule has 1 atom stereocenters. The molecular weight excluding hydrogens is 317 g/mol. The van der Waals surface area contributed by atoms with Gasteiger partial charge >= 0.3 is 6.18 Å². The second kappa shape index (κ2) is 8.39. The average molecular weight is 337 g/mol. The van der Waals surface area contributed by atoms with E-state index < -0.39 is 11.7 Å². The topological polar surface area (TPSA) is 41.1 Å². The maximum Gasteiger partial charge on any atom is 0.416 e. The minimum atomic E-state index is -4.32. The predicted octanol–water partition coefficient (Wildman–Crippen LogP) is 3.28. The molecule has 3 nitrogen and oxygen atoms in total. The zero-order chi connectivity index (χ0) is 15.3. The van der Waals surface area contributed by atoms with Crippen LogP contribution in [0.3, 0.4) is 0 Å². The molecule has 1 unspecified atom stereocenters. The van der Waals surface area contributed by atoms with E-state index in [0.29, 0.717) is 18.0 Å². The molecule has 7 heteroatoms. The second-order valence-corrected chi connectivity index (χ2v) is 5.30. The maximum absolute atomic E-state index is 12.4. The molecule has 1 saturated heterocycles. The van der Waals surface area contributed by atoms with Crippen molar-refractivity contribution in [2.45, 2.75) is 44.4 Å². The van der Waals surface area contributed by atoms with E-state index in [9.17, 15) is 18.0 Å². The van der Waals surface area contributed by atoms with E-state index >= 15 is 0 Å². The Morgan fingerprint density at radius 3 is 2.50 bits per heavy atom. The largest absolute Gasteiger partial charge is 0.416 e. The Hall–Kier alpha value is -1.27. The van der Waals surface area contributed by atoms with Crippen LogP contribution in [0.15, 0.2) is 24.3 Å². The first-order chi connectivity index (χ1) is 9.95.